The summed E-state index contributed by atoms with van der Waals surface area (Å²) in [6.45, 7) is 1.88. The maximum absolute atomic E-state index is 12.2. The summed E-state index contributed by atoms with van der Waals surface area (Å²) in [6, 6.07) is 9.05. The lowest BCUT2D eigenvalue weighted by atomic mass is 10.3. The molecule has 1 saturated heterocycles. The number of alkyl halides is 3. The van der Waals surface area contributed by atoms with Crippen molar-refractivity contribution in [3.8, 4) is 5.75 Å². The lowest BCUT2D eigenvalue weighted by molar-refractivity contribution is -0.274. The van der Waals surface area contributed by atoms with Gasteiger partial charge < -0.3 is 15.0 Å². The Labute approximate surface area is 142 Å². The summed E-state index contributed by atoms with van der Waals surface area (Å²) >= 11 is 6.07. The van der Waals surface area contributed by atoms with E-state index in [9.17, 15) is 13.2 Å². The molecule has 1 N–H and O–H groups in total. The molecular formula is C16H15ClF3N3O. The highest BCUT2D eigenvalue weighted by Gasteiger charge is 2.30. The molecule has 0 spiro atoms. The Morgan fingerprint density at radius 2 is 1.71 bits per heavy atom. The van der Waals surface area contributed by atoms with Crippen LogP contribution in [0.25, 0.3) is 0 Å². The largest absolute Gasteiger partial charge is 0.573 e. The van der Waals surface area contributed by atoms with Crippen LogP contribution in [0.4, 0.5) is 30.4 Å². The molecule has 1 aromatic heterocycles. The topological polar surface area (TPSA) is 37.4 Å². The molecule has 0 bridgehead atoms. The van der Waals surface area contributed by atoms with Gasteiger partial charge in [-0.05, 0) is 43.2 Å². The summed E-state index contributed by atoms with van der Waals surface area (Å²) in [5.74, 6) is 0.526. The average molecular weight is 358 g/mol. The zero-order valence-corrected chi connectivity index (χ0v) is 13.4. The Bertz CT molecular complexity index is 701. The Morgan fingerprint density at radius 3 is 2.33 bits per heavy atom. The van der Waals surface area contributed by atoms with Crippen molar-refractivity contribution >= 4 is 28.8 Å². The summed E-state index contributed by atoms with van der Waals surface area (Å²) in [7, 11) is 0. The molecular weight excluding hydrogens is 343 g/mol. The quantitative estimate of drug-likeness (QED) is 0.783. The number of ether oxygens (including phenoxy) is 1. The number of aromatic nitrogens is 1. The van der Waals surface area contributed by atoms with Crippen LogP contribution in [-0.4, -0.2) is 24.4 Å². The molecule has 1 aliphatic heterocycles. The second-order valence-corrected chi connectivity index (χ2v) is 5.82. The minimum atomic E-state index is -4.70. The first kappa shape index (κ1) is 16.7. The number of hydrogen-bond acceptors (Lipinski definition) is 4. The first-order valence-corrected chi connectivity index (χ1v) is 7.82. The zero-order valence-electron chi connectivity index (χ0n) is 12.6. The molecule has 0 atom stereocenters. The fraction of sp³-hybridized carbons (Fsp3) is 0.312. The van der Waals surface area contributed by atoms with E-state index in [0.717, 1.165) is 37.4 Å². The lowest BCUT2D eigenvalue weighted by Gasteiger charge is -2.18. The number of rotatable bonds is 4. The van der Waals surface area contributed by atoms with Crippen LogP contribution in [0.3, 0.4) is 0 Å². The molecule has 0 amide bonds. The van der Waals surface area contributed by atoms with Crippen LogP contribution in [0.5, 0.6) is 5.75 Å². The average Bonchev–Trinajstić information content (AvgIpc) is 3.01. The van der Waals surface area contributed by atoms with Crippen molar-refractivity contribution in [1.82, 2.24) is 4.98 Å². The first-order chi connectivity index (χ1) is 11.4. The number of hydrogen-bond donors (Lipinski definition) is 1. The predicted octanol–water partition coefficient (Wildman–Crippen LogP) is 4.98. The molecule has 24 heavy (non-hydrogen) atoms. The summed E-state index contributed by atoms with van der Waals surface area (Å²) in [6.07, 6.45) is -2.45. The van der Waals surface area contributed by atoms with Crippen molar-refractivity contribution in [3.63, 3.8) is 0 Å². The van der Waals surface area contributed by atoms with Gasteiger partial charge in [-0.15, -0.1) is 13.2 Å². The Kier molecular flexibility index (Phi) is 4.71. The van der Waals surface area contributed by atoms with E-state index in [1.54, 1.807) is 6.07 Å². The van der Waals surface area contributed by atoms with E-state index in [0.29, 0.717) is 10.8 Å². The molecule has 0 unspecified atom stereocenters. The smallest absolute Gasteiger partial charge is 0.406 e. The Hall–Kier alpha value is -2.15. The van der Waals surface area contributed by atoms with E-state index < -0.39 is 6.36 Å². The van der Waals surface area contributed by atoms with Crippen molar-refractivity contribution in [3.05, 3.63) is 41.6 Å². The number of nitrogens with zero attached hydrogens (tertiary/aromatic N) is 2. The normalized spacial score (nSPS) is 14.8. The van der Waals surface area contributed by atoms with E-state index in [4.69, 9.17) is 11.6 Å². The molecule has 2 heterocycles. The van der Waals surface area contributed by atoms with Crippen molar-refractivity contribution in [2.45, 2.75) is 19.2 Å². The van der Waals surface area contributed by atoms with Gasteiger partial charge in [0.15, 0.2) is 0 Å². The standard InChI is InChI=1S/C16H15ClF3N3O/c17-14-9-12(10-15(22-14)23-7-1-2-8-23)21-11-3-5-13(6-4-11)24-16(18,19)20/h3-6,9-10H,1-2,7-8H2,(H,21,22). The fourth-order valence-electron chi connectivity index (χ4n) is 2.57. The van der Waals surface area contributed by atoms with Gasteiger partial charge in [-0.3, -0.25) is 0 Å². The summed E-state index contributed by atoms with van der Waals surface area (Å²) in [5.41, 5.74) is 1.35. The van der Waals surface area contributed by atoms with Crippen LogP contribution in [0.15, 0.2) is 36.4 Å². The number of benzene rings is 1. The monoisotopic (exact) mass is 357 g/mol. The van der Waals surface area contributed by atoms with Gasteiger partial charge in [-0.25, -0.2) is 4.98 Å². The van der Waals surface area contributed by atoms with E-state index >= 15 is 0 Å². The zero-order chi connectivity index (χ0) is 17.2. The van der Waals surface area contributed by atoms with E-state index in [2.05, 4.69) is 19.9 Å². The van der Waals surface area contributed by atoms with Gasteiger partial charge in [0.1, 0.15) is 16.7 Å². The van der Waals surface area contributed by atoms with Gasteiger partial charge in [-0.2, -0.15) is 0 Å². The van der Waals surface area contributed by atoms with Crippen LogP contribution >= 0.6 is 11.6 Å². The van der Waals surface area contributed by atoms with Crippen molar-refractivity contribution in [2.24, 2.45) is 0 Å². The summed E-state index contributed by atoms with van der Waals surface area (Å²) in [5, 5.41) is 3.47. The number of nitrogens with one attached hydrogen (secondary N) is 1. The second kappa shape index (κ2) is 6.76. The van der Waals surface area contributed by atoms with Gasteiger partial charge in [0.2, 0.25) is 0 Å². The summed E-state index contributed by atoms with van der Waals surface area (Å²) in [4.78, 5) is 6.47. The summed E-state index contributed by atoms with van der Waals surface area (Å²) < 4.78 is 40.3. The fourth-order valence-corrected chi connectivity index (χ4v) is 2.77. The van der Waals surface area contributed by atoms with Crippen LogP contribution in [0.2, 0.25) is 5.15 Å². The lowest BCUT2D eigenvalue weighted by Crippen LogP contribution is -2.19. The third-order valence-electron chi connectivity index (χ3n) is 3.59. The molecule has 0 radical (unpaired) electrons. The van der Waals surface area contributed by atoms with Crippen molar-refractivity contribution in [2.75, 3.05) is 23.3 Å². The predicted molar refractivity (Wildman–Crippen MR) is 87.1 cm³/mol. The van der Waals surface area contributed by atoms with E-state index in [1.165, 1.54) is 24.3 Å². The number of anilines is 3. The molecule has 128 valence electrons. The molecule has 8 heteroatoms. The SMILES string of the molecule is FC(F)(F)Oc1ccc(Nc2cc(Cl)nc(N3CCCC3)c2)cc1. The maximum atomic E-state index is 12.2. The minimum Gasteiger partial charge on any atom is -0.406 e. The van der Waals surface area contributed by atoms with Gasteiger partial charge in [0, 0.05) is 30.5 Å². The molecule has 0 saturated carbocycles. The molecule has 1 aliphatic rings. The van der Waals surface area contributed by atoms with Crippen LogP contribution in [0, 0.1) is 0 Å². The molecule has 3 rings (SSSR count). The highest BCUT2D eigenvalue weighted by Crippen LogP contribution is 2.28. The molecule has 1 aromatic carbocycles. The van der Waals surface area contributed by atoms with Gasteiger partial charge in [0.05, 0.1) is 0 Å². The van der Waals surface area contributed by atoms with Crippen molar-refractivity contribution < 1.29 is 17.9 Å². The van der Waals surface area contributed by atoms with Crippen LogP contribution < -0.4 is 15.0 Å². The van der Waals surface area contributed by atoms with E-state index in [-0.39, 0.29) is 5.75 Å². The first-order valence-electron chi connectivity index (χ1n) is 7.44. The number of pyridine rings is 1. The number of halogens is 4. The van der Waals surface area contributed by atoms with Gasteiger partial charge in [-0.1, -0.05) is 11.6 Å². The van der Waals surface area contributed by atoms with Crippen molar-refractivity contribution in [1.29, 1.82) is 0 Å². The highest BCUT2D eigenvalue weighted by molar-refractivity contribution is 6.29. The third kappa shape index (κ3) is 4.44. The Morgan fingerprint density at radius 1 is 1.04 bits per heavy atom. The third-order valence-corrected chi connectivity index (χ3v) is 3.78. The minimum absolute atomic E-state index is 0.265. The Balaban J connectivity index is 1.73. The second-order valence-electron chi connectivity index (χ2n) is 5.43. The van der Waals surface area contributed by atoms with Crippen LogP contribution in [-0.2, 0) is 0 Å². The highest BCUT2D eigenvalue weighted by atomic mass is 35.5. The molecule has 0 aliphatic carbocycles. The van der Waals surface area contributed by atoms with Crippen LogP contribution in [0.1, 0.15) is 12.8 Å². The molecule has 1 fully saturated rings. The van der Waals surface area contributed by atoms with Gasteiger partial charge >= 0.3 is 6.36 Å². The van der Waals surface area contributed by atoms with E-state index in [1.807, 2.05) is 6.07 Å². The molecule has 4 nitrogen and oxygen atoms in total. The molecule has 2 aromatic rings. The van der Waals surface area contributed by atoms with Gasteiger partial charge in [0.25, 0.3) is 0 Å². The maximum Gasteiger partial charge on any atom is 0.573 e.